The van der Waals surface area contributed by atoms with Gasteiger partial charge < -0.3 is 25.0 Å². The van der Waals surface area contributed by atoms with Crippen LogP contribution >= 0.6 is 0 Å². The van der Waals surface area contributed by atoms with Gasteiger partial charge in [0.05, 0.1) is 48.0 Å². The molecule has 6 rings (SSSR count). The normalized spacial score (nSPS) is 18.1. The minimum absolute atomic E-state index is 0.00510. The lowest BCUT2D eigenvalue weighted by Gasteiger charge is -2.28. The third-order valence-electron chi connectivity index (χ3n) is 8.99. The van der Waals surface area contributed by atoms with Gasteiger partial charge in [-0.1, -0.05) is 37.3 Å². The Morgan fingerprint density at radius 3 is 2.62 bits per heavy atom. The lowest BCUT2D eigenvalue weighted by molar-refractivity contribution is -0.126. The molecule has 0 unspecified atom stereocenters. The van der Waals surface area contributed by atoms with Crippen molar-refractivity contribution in [3.05, 3.63) is 71.6 Å². The number of H-pyrrole nitrogens is 1. The van der Waals surface area contributed by atoms with E-state index in [0.717, 1.165) is 24.1 Å². The Hall–Kier alpha value is -5.39. The Bertz CT molecular complexity index is 1900. The van der Waals surface area contributed by atoms with Gasteiger partial charge in [0.1, 0.15) is 12.1 Å². The van der Waals surface area contributed by atoms with Crippen molar-refractivity contribution in [2.45, 2.75) is 44.7 Å². The van der Waals surface area contributed by atoms with Crippen molar-refractivity contribution in [1.82, 2.24) is 39.8 Å². The van der Waals surface area contributed by atoms with Crippen LogP contribution in [0.15, 0.2) is 54.6 Å². The van der Waals surface area contributed by atoms with E-state index in [-0.39, 0.29) is 41.6 Å². The number of rotatable bonds is 10. The summed E-state index contributed by atoms with van der Waals surface area (Å²) in [5, 5.41) is 27.2. The predicted octanol–water partition coefficient (Wildman–Crippen LogP) is 2.51. The number of piperidine rings is 1. The number of nitriles is 1. The van der Waals surface area contributed by atoms with Gasteiger partial charge in [-0.2, -0.15) is 9.94 Å². The van der Waals surface area contributed by atoms with Crippen LogP contribution in [-0.4, -0.2) is 109 Å². The molecule has 0 radical (unpaired) electrons. The van der Waals surface area contributed by atoms with Gasteiger partial charge in [0.15, 0.2) is 5.82 Å². The molecule has 2 aliphatic rings. The molecule has 1 aromatic carbocycles. The van der Waals surface area contributed by atoms with Crippen molar-refractivity contribution in [3.63, 3.8) is 0 Å². The number of ketones is 1. The molecule has 2 atom stereocenters. The molecular weight excluding hydrogens is 614 g/mol. The Labute approximate surface area is 277 Å². The number of hydrogen-bond donors (Lipinski definition) is 3. The topological polar surface area (TPSA) is 182 Å². The molecule has 0 saturated carbocycles. The second-order valence-electron chi connectivity index (χ2n) is 11.9. The highest BCUT2D eigenvalue weighted by Gasteiger charge is 2.33. The summed E-state index contributed by atoms with van der Waals surface area (Å²) in [4.78, 5) is 55.5. The molecule has 14 nitrogen and oxygen atoms in total. The lowest BCUT2D eigenvalue weighted by atomic mass is 9.93. The second kappa shape index (κ2) is 14.2. The number of pyridine rings is 1. The zero-order chi connectivity index (χ0) is 33.8. The fraction of sp³-hybridized carbons (Fsp3) is 0.382. The molecule has 248 valence electrons. The van der Waals surface area contributed by atoms with Crippen LogP contribution in [0, 0.1) is 11.3 Å². The number of allylic oxidation sites excluding steroid dienone is 1. The van der Waals surface area contributed by atoms with Crippen molar-refractivity contribution >= 4 is 34.1 Å². The van der Waals surface area contributed by atoms with Crippen LogP contribution in [0.1, 0.15) is 59.1 Å². The van der Waals surface area contributed by atoms with Crippen molar-refractivity contribution in [3.8, 4) is 17.6 Å². The first-order valence-corrected chi connectivity index (χ1v) is 16.0. The number of fused-ring (bicyclic) bond motifs is 1. The van der Waals surface area contributed by atoms with E-state index >= 15 is 0 Å². The number of carbonyl (C=O) groups excluding carboxylic acids is 3. The largest absolute Gasteiger partial charge is 0.494 e. The summed E-state index contributed by atoms with van der Waals surface area (Å²) in [7, 11) is 1.45. The summed E-state index contributed by atoms with van der Waals surface area (Å²) < 4.78 is 6.85. The maximum atomic E-state index is 13.6. The number of aliphatic hydroxyl groups is 1. The molecule has 5 heterocycles. The van der Waals surface area contributed by atoms with Crippen LogP contribution in [0.5, 0.6) is 5.75 Å². The van der Waals surface area contributed by atoms with Gasteiger partial charge in [-0.3, -0.25) is 19.3 Å². The van der Waals surface area contributed by atoms with Gasteiger partial charge in [0, 0.05) is 37.9 Å². The van der Waals surface area contributed by atoms with Crippen molar-refractivity contribution in [2.24, 2.45) is 0 Å². The summed E-state index contributed by atoms with van der Waals surface area (Å²) in [5.41, 5.74) is 2.90. The number of nitrogens with zero attached hydrogens (tertiary/aromatic N) is 7. The maximum Gasteiger partial charge on any atom is 0.295 e. The van der Waals surface area contributed by atoms with Crippen molar-refractivity contribution < 1.29 is 24.2 Å². The first-order valence-electron chi connectivity index (χ1n) is 16.0. The van der Waals surface area contributed by atoms with Crippen molar-refractivity contribution in [1.29, 1.82) is 5.26 Å². The number of amides is 2. The first kappa shape index (κ1) is 32.5. The summed E-state index contributed by atoms with van der Waals surface area (Å²) >= 11 is 0. The Balaban J connectivity index is 1.19. The summed E-state index contributed by atoms with van der Waals surface area (Å²) in [6.45, 7) is 4.19. The Morgan fingerprint density at radius 2 is 1.94 bits per heavy atom. The number of aromatic nitrogens is 5. The molecule has 48 heavy (non-hydrogen) atoms. The molecule has 14 heteroatoms. The lowest BCUT2D eigenvalue weighted by Crippen LogP contribution is -2.40. The molecule has 0 spiro atoms. The van der Waals surface area contributed by atoms with Gasteiger partial charge in [-0.05, 0) is 43.4 Å². The van der Waals surface area contributed by atoms with E-state index in [0.29, 0.717) is 55.4 Å². The van der Waals surface area contributed by atoms with E-state index in [1.54, 1.807) is 0 Å². The summed E-state index contributed by atoms with van der Waals surface area (Å²) in [6, 6.07) is 11.6. The highest BCUT2D eigenvalue weighted by Crippen LogP contribution is 2.33. The highest BCUT2D eigenvalue weighted by atomic mass is 16.5. The van der Waals surface area contributed by atoms with E-state index < -0.39 is 17.6 Å². The van der Waals surface area contributed by atoms with E-state index in [1.807, 2.05) is 30.3 Å². The minimum Gasteiger partial charge on any atom is -0.494 e. The van der Waals surface area contributed by atoms with Gasteiger partial charge in [-0.25, -0.2) is 9.97 Å². The molecular formula is C34H37N9O5. The number of carbonyl (C=O) groups is 3. The van der Waals surface area contributed by atoms with E-state index in [4.69, 9.17) is 4.74 Å². The third kappa shape index (κ3) is 6.29. The quantitative estimate of drug-likeness (QED) is 0.131. The minimum atomic E-state index is -0.707. The molecule has 3 N–H and O–H groups in total. The second-order valence-corrected chi connectivity index (χ2v) is 11.9. The fourth-order valence-electron chi connectivity index (χ4n) is 6.61. The molecule has 0 bridgehead atoms. The third-order valence-corrected chi connectivity index (χ3v) is 8.99. The SMILES string of the molecule is CCCN1C[C@@H](NC(=O)c2ncn(-c3ncc(OC)c4c(C(=O)C(=O)N5CCC(=C(C#N)c6ccccc6)CC5)c[nH]c34)n2)C[C@H]1CO. The first-order chi connectivity index (χ1) is 23.4. The molecule has 2 aliphatic heterocycles. The summed E-state index contributed by atoms with van der Waals surface area (Å²) in [5.74, 6) is -1.32. The van der Waals surface area contributed by atoms with Gasteiger partial charge >= 0.3 is 0 Å². The molecule has 2 fully saturated rings. The molecule has 0 aliphatic carbocycles. The van der Waals surface area contributed by atoms with E-state index in [1.165, 1.54) is 35.4 Å². The fourth-order valence-corrected chi connectivity index (χ4v) is 6.61. The number of ether oxygens (including phenoxy) is 1. The smallest absolute Gasteiger partial charge is 0.295 e. The van der Waals surface area contributed by atoms with Gasteiger partial charge in [0.2, 0.25) is 5.82 Å². The van der Waals surface area contributed by atoms with Crippen LogP contribution in [0.2, 0.25) is 0 Å². The van der Waals surface area contributed by atoms with Crippen LogP contribution in [0.3, 0.4) is 0 Å². The predicted molar refractivity (Wildman–Crippen MR) is 175 cm³/mol. The average Bonchev–Trinajstić information content (AvgIpc) is 3.88. The Morgan fingerprint density at radius 1 is 1.17 bits per heavy atom. The van der Waals surface area contributed by atoms with E-state index in [2.05, 4.69) is 43.3 Å². The van der Waals surface area contributed by atoms with Crippen LogP contribution in [0.25, 0.3) is 22.3 Å². The van der Waals surface area contributed by atoms with Crippen LogP contribution in [0.4, 0.5) is 0 Å². The molecule has 3 aromatic heterocycles. The number of aromatic amines is 1. The average molecular weight is 652 g/mol. The number of aliphatic hydroxyl groups excluding tert-OH is 1. The standard InChI is InChI=1S/C34H37N9O5/c1-3-11-42-18-23(14-24(42)19-44)39-33(46)31-38-20-43(40-31)32-29-28(27(48-2)17-37-32)26(16-36-29)30(45)34(47)41-12-9-22(10-13-41)25(15-35)21-7-5-4-6-8-21/h4-8,16-17,20,23-24,36,44H,3,9-14,18-19H2,1-2H3,(H,39,46)/t23-,24-/m0/s1. The van der Waals surface area contributed by atoms with Gasteiger partial charge in [0.25, 0.3) is 17.6 Å². The van der Waals surface area contributed by atoms with Crippen molar-refractivity contribution in [2.75, 3.05) is 39.9 Å². The van der Waals surface area contributed by atoms with Crippen LogP contribution in [-0.2, 0) is 4.79 Å². The number of benzene rings is 1. The monoisotopic (exact) mass is 651 g/mol. The number of methoxy groups -OCH3 is 1. The molecule has 2 saturated heterocycles. The number of likely N-dealkylation sites (tertiary alicyclic amines) is 2. The highest BCUT2D eigenvalue weighted by molar-refractivity contribution is 6.45. The zero-order valence-electron chi connectivity index (χ0n) is 26.8. The molecule has 4 aromatic rings. The Kier molecular flexibility index (Phi) is 9.60. The van der Waals surface area contributed by atoms with Gasteiger partial charge in [-0.15, -0.1) is 5.10 Å². The molecule has 2 amide bonds. The van der Waals surface area contributed by atoms with E-state index in [9.17, 15) is 24.8 Å². The zero-order valence-corrected chi connectivity index (χ0v) is 26.8. The van der Waals surface area contributed by atoms with Crippen LogP contribution < -0.4 is 10.1 Å². The number of nitrogens with one attached hydrogen (secondary N) is 2. The summed E-state index contributed by atoms with van der Waals surface area (Å²) in [6.07, 6.45) is 6.79. The number of Topliss-reactive ketones (excluding diaryl/α,β-unsaturated/α-hetero) is 1. The number of hydrogen-bond acceptors (Lipinski definition) is 10. The maximum absolute atomic E-state index is 13.6.